The number of sulfonamides is 1. The lowest BCUT2D eigenvalue weighted by Gasteiger charge is -2.28. The highest BCUT2D eigenvalue weighted by Gasteiger charge is 2.41. The fourth-order valence-corrected chi connectivity index (χ4v) is 5.73. The highest BCUT2D eigenvalue weighted by Crippen LogP contribution is 2.48. The molecule has 0 radical (unpaired) electrons. The molecule has 12 heteroatoms. The Bertz CT molecular complexity index is 1510. The molecule has 4 rings (SSSR count). The summed E-state index contributed by atoms with van der Waals surface area (Å²) in [6.07, 6.45) is 0. The Morgan fingerprint density at radius 2 is 1.78 bits per heavy atom. The Hall–Kier alpha value is -3.70. The van der Waals surface area contributed by atoms with E-state index < -0.39 is 14.9 Å². The Labute approximate surface area is 213 Å². The Morgan fingerprint density at radius 3 is 2.44 bits per heavy atom. The first-order valence-corrected chi connectivity index (χ1v) is 12.8. The number of nitrogens with zero attached hydrogens (tertiary/aromatic N) is 4. The number of phenolic OH excluding ortho intramolecular Hbond substituents is 1. The quantitative estimate of drug-likeness (QED) is 0.219. The first-order chi connectivity index (χ1) is 16.8. The number of hydrogen-bond donors (Lipinski definition) is 2. The molecule has 0 aromatic heterocycles. The molecule has 0 spiro atoms. The molecule has 1 unspecified atom stereocenters. The van der Waals surface area contributed by atoms with Crippen molar-refractivity contribution in [3.05, 3.63) is 75.3 Å². The van der Waals surface area contributed by atoms with E-state index in [2.05, 4.69) is 40.6 Å². The zero-order valence-corrected chi connectivity index (χ0v) is 21.5. The summed E-state index contributed by atoms with van der Waals surface area (Å²) in [6.45, 7) is 6.21. The lowest BCUT2D eigenvalue weighted by molar-refractivity contribution is -0.384. The largest absolute Gasteiger partial charge is 0.506 e. The van der Waals surface area contributed by atoms with Crippen LogP contribution in [0.2, 0.25) is 5.02 Å². The van der Waals surface area contributed by atoms with Gasteiger partial charge in [0.15, 0.2) is 0 Å². The van der Waals surface area contributed by atoms with Crippen LogP contribution in [0.25, 0.3) is 0 Å². The molecule has 0 fully saturated rings. The monoisotopic (exact) mass is 529 g/mol. The van der Waals surface area contributed by atoms with E-state index in [4.69, 9.17) is 11.6 Å². The normalized spacial score (nSPS) is 16.8. The third-order valence-corrected chi connectivity index (χ3v) is 8.48. The van der Waals surface area contributed by atoms with Gasteiger partial charge in [0.05, 0.1) is 15.6 Å². The summed E-state index contributed by atoms with van der Waals surface area (Å²) in [6, 6.07) is 12.9. The topological polar surface area (TPSA) is 138 Å². The number of halogens is 1. The van der Waals surface area contributed by atoms with Crippen LogP contribution in [0.4, 0.5) is 28.4 Å². The van der Waals surface area contributed by atoms with Gasteiger partial charge < -0.3 is 10.0 Å². The molecule has 0 bridgehead atoms. The lowest BCUT2D eigenvalue weighted by Crippen LogP contribution is -2.36. The third kappa shape index (κ3) is 4.47. The van der Waals surface area contributed by atoms with E-state index in [9.17, 15) is 23.6 Å². The minimum Gasteiger partial charge on any atom is -0.506 e. The molecule has 1 aliphatic heterocycles. The van der Waals surface area contributed by atoms with Crippen molar-refractivity contribution in [1.82, 2.24) is 0 Å². The highest BCUT2D eigenvalue weighted by molar-refractivity contribution is 7.92. The predicted octanol–water partition coefficient (Wildman–Crippen LogP) is 6.29. The number of benzene rings is 3. The number of fused-ring (bicyclic) bond motifs is 1. The van der Waals surface area contributed by atoms with E-state index >= 15 is 0 Å². The molecule has 10 nitrogen and oxygen atoms in total. The maximum absolute atomic E-state index is 13.2. The summed E-state index contributed by atoms with van der Waals surface area (Å²) >= 11 is 6.14. The second-order valence-corrected chi connectivity index (χ2v) is 11.1. The fraction of sp³-hybridized carbons (Fsp3) is 0.250. The van der Waals surface area contributed by atoms with Gasteiger partial charge in [0.25, 0.3) is 15.7 Å². The van der Waals surface area contributed by atoms with Gasteiger partial charge in [0, 0.05) is 36.3 Å². The van der Waals surface area contributed by atoms with Gasteiger partial charge in [-0.2, -0.15) is 0 Å². The highest BCUT2D eigenvalue weighted by atomic mass is 35.5. The molecule has 3 aromatic rings. The SMILES string of the molecule is CC1N(C)c2cc(NS(=O)(=O)c3ccccc3Cl)c(N=Nc3cc([N+](=O)[O-])ccc3O)cc2C1(C)C. The summed E-state index contributed by atoms with van der Waals surface area (Å²) in [5.74, 6) is -0.308. The summed E-state index contributed by atoms with van der Waals surface area (Å²) in [5, 5.41) is 29.5. The average Bonchev–Trinajstić information content (AvgIpc) is 2.97. The third-order valence-electron chi connectivity index (χ3n) is 6.62. The van der Waals surface area contributed by atoms with Crippen molar-refractivity contribution in [2.24, 2.45) is 10.2 Å². The summed E-state index contributed by atoms with van der Waals surface area (Å²) in [7, 11) is -2.17. The fourth-order valence-electron chi connectivity index (χ4n) is 4.14. The number of rotatable bonds is 6. The number of anilines is 2. The second kappa shape index (κ2) is 9.07. The molecule has 188 valence electrons. The van der Waals surface area contributed by atoms with Gasteiger partial charge >= 0.3 is 0 Å². The van der Waals surface area contributed by atoms with Crippen LogP contribution < -0.4 is 9.62 Å². The number of aromatic hydroxyl groups is 1. The molecule has 3 aromatic carbocycles. The van der Waals surface area contributed by atoms with Crippen molar-refractivity contribution < 1.29 is 18.4 Å². The molecule has 1 heterocycles. The number of nitrogens with one attached hydrogen (secondary N) is 1. The molecule has 0 saturated heterocycles. The number of nitro benzene ring substituents is 1. The maximum Gasteiger partial charge on any atom is 0.271 e. The number of nitro groups is 1. The van der Waals surface area contributed by atoms with Crippen molar-refractivity contribution in [2.45, 2.75) is 37.1 Å². The first-order valence-electron chi connectivity index (χ1n) is 10.9. The van der Waals surface area contributed by atoms with Gasteiger partial charge in [0.2, 0.25) is 0 Å². The minimum absolute atomic E-state index is 0.0581. The number of phenols is 1. The van der Waals surface area contributed by atoms with Gasteiger partial charge in [-0.25, -0.2) is 8.42 Å². The number of hydrogen-bond acceptors (Lipinski definition) is 8. The van der Waals surface area contributed by atoms with E-state index in [-0.39, 0.29) is 49.9 Å². The van der Waals surface area contributed by atoms with Gasteiger partial charge in [-0.1, -0.05) is 37.6 Å². The van der Waals surface area contributed by atoms with Gasteiger partial charge in [0.1, 0.15) is 22.0 Å². The maximum atomic E-state index is 13.2. The van der Waals surface area contributed by atoms with E-state index in [0.29, 0.717) is 0 Å². The summed E-state index contributed by atoms with van der Waals surface area (Å²) < 4.78 is 29.0. The molecule has 0 amide bonds. The Balaban J connectivity index is 1.86. The van der Waals surface area contributed by atoms with Crippen LogP contribution in [0, 0.1) is 10.1 Å². The van der Waals surface area contributed by atoms with E-state index in [1.165, 1.54) is 12.1 Å². The first kappa shape index (κ1) is 25.4. The van der Waals surface area contributed by atoms with Crippen molar-refractivity contribution in [2.75, 3.05) is 16.7 Å². The lowest BCUT2D eigenvalue weighted by atomic mass is 9.81. The number of non-ortho nitro benzene ring substituents is 1. The molecular formula is C24H24ClN5O5S. The van der Waals surface area contributed by atoms with E-state index in [1.807, 2.05) is 7.05 Å². The molecular weight excluding hydrogens is 506 g/mol. The van der Waals surface area contributed by atoms with Crippen molar-refractivity contribution in [3.8, 4) is 5.75 Å². The van der Waals surface area contributed by atoms with Crippen LogP contribution in [-0.4, -0.2) is 31.5 Å². The predicted molar refractivity (Wildman–Crippen MR) is 139 cm³/mol. The molecule has 0 aliphatic carbocycles. The van der Waals surface area contributed by atoms with Crippen LogP contribution in [0.3, 0.4) is 0 Å². The van der Waals surface area contributed by atoms with Crippen LogP contribution in [0.1, 0.15) is 26.3 Å². The Kier molecular flexibility index (Phi) is 6.40. The zero-order valence-electron chi connectivity index (χ0n) is 19.9. The van der Waals surface area contributed by atoms with E-state index in [1.54, 1.807) is 24.3 Å². The van der Waals surface area contributed by atoms with Crippen LogP contribution in [0.5, 0.6) is 5.75 Å². The Morgan fingerprint density at radius 1 is 1.11 bits per heavy atom. The van der Waals surface area contributed by atoms with Gasteiger partial charge in [-0.05, 0) is 42.8 Å². The molecule has 1 atom stereocenters. The smallest absolute Gasteiger partial charge is 0.271 e. The van der Waals surface area contributed by atoms with Crippen LogP contribution in [0.15, 0.2) is 69.7 Å². The van der Waals surface area contributed by atoms with Crippen LogP contribution >= 0.6 is 11.6 Å². The number of likely N-dealkylation sites (N-methyl/N-ethyl adjacent to an activating group) is 1. The second-order valence-electron chi connectivity index (χ2n) is 9.06. The van der Waals surface area contributed by atoms with Gasteiger partial charge in [-0.3, -0.25) is 14.8 Å². The molecule has 0 saturated carbocycles. The molecule has 2 N–H and O–H groups in total. The molecule has 36 heavy (non-hydrogen) atoms. The summed E-state index contributed by atoms with van der Waals surface area (Å²) in [4.78, 5) is 12.5. The minimum atomic E-state index is -4.09. The number of azo groups is 1. The van der Waals surface area contributed by atoms with Crippen molar-refractivity contribution in [3.63, 3.8) is 0 Å². The van der Waals surface area contributed by atoms with Crippen molar-refractivity contribution in [1.29, 1.82) is 0 Å². The van der Waals surface area contributed by atoms with Crippen LogP contribution in [-0.2, 0) is 15.4 Å². The van der Waals surface area contributed by atoms with E-state index in [0.717, 1.165) is 29.4 Å². The van der Waals surface area contributed by atoms with Crippen molar-refractivity contribution >= 4 is 50.1 Å². The zero-order chi connectivity index (χ0) is 26.4. The average molecular weight is 530 g/mol. The standard InChI is InChI=1S/C24H24ClN5O5S/c1-14-24(2,3)16-12-18(26-27-20-11-15(30(32)33)9-10-22(20)31)19(13-21(16)29(14)4)28-36(34,35)23-8-6-5-7-17(23)25/h5-14,28,31H,1-4H3. The summed E-state index contributed by atoms with van der Waals surface area (Å²) in [5.41, 5.74) is 1.37. The molecule has 1 aliphatic rings. The van der Waals surface area contributed by atoms with Gasteiger partial charge in [-0.15, -0.1) is 10.2 Å².